The maximum atomic E-state index is 14.7. The quantitative estimate of drug-likeness (QED) is 0.500. The Morgan fingerprint density at radius 2 is 2.00 bits per heavy atom. The third kappa shape index (κ3) is 4.10. The molecule has 0 saturated carbocycles. The second kappa shape index (κ2) is 7.83. The van der Waals surface area contributed by atoms with Gasteiger partial charge in [0.25, 0.3) is 0 Å². The molecule has 0 fully saturated rings. The molecule has 1 unspecified atom stereocenters. The smallest absolute Gasteiger partial charge is 0.358 e. The van der Waals surface area contributed by atoms with Crippen LogP contribution in [0.1, 0.15) is 31.3 Å². The maximum absolute atomic E-state index is 14.7. The molecule has 0 amide bonds. The van der Waals surface area contributed by atoms with Gasteiger partial charge in [-0.1, -0.05) is 0 Å². The fourth-order valence-electron chi connectivity index (χ4n) is 2.30. The number of carbonyl (C=O) groups excluding carboxylic acids is 1. The minimum absolute atomic E-state index is 0.00717. The number of aryl methyl sites for hydroxylation is 1. The number of aliphatic carboxylic acids is 1. The number of esters is 1. The molecule has 0 radical (unpaired) electrons. The highest BCUT2D eigenvalue weighted by atomic mass is 32.2. The monoisotopic (exact) mass is 380 g/mol. The van der Waals surface area contributed by atoms with Gasteiger partial charge in [0.05, 0.1) is 12.2 Å². The van der Waals surface area contributed by atoms with Crippen molar-refractivity contribution < 1.29 is 37.0 Å². The van der Waals surface area contributed by atoms with Crippen LogP contribution in [-0.2, 0) is 32.2 Å². The average molecular weight is 380 g/mol. The van der Waals surface area contributed by atoms with Crippen LogP contribution in [-0.4, -0.2) is 55.4 Å². The second-order valence-corrected chi connectivity index (χ2v) is 6.55. The molecule has 11 heteroatoms. The summed E-state index contributed by atoms with van der Waals surface area (Å²) in [5, 5.41) is 9.47. The van der Waals surface area contributed by atoms with Crippen molar-refractivity contribution in [2.75, 3.05) is 18.0 Å². The van der Waals surface area contributed by atoms with Gasteiger partial charge in [-0.25, -0.2) is 22.4 Å². The summed E-state index contributed by atoms with van der Waals surface area (Å²) in [4.78, 5) is 23.5. The lowest BCUT2D eigenvalue weighted by atomic mass is 9.98. The van der Waals surface area contributed by atoms with Crippen LogP contribution in [0.5, 0.6) is 0 Å². The summed E-state index contributed by atoms with van der Waals surface area (Å²) in [7, 11) is -1.04. The molecule has 1 aromatic rings. The second-order valence-electron chi connectivity index (χ2n) is 5.64. The Hall–Kier alpha value is -2.14. The van der Waals surface area contributed by atoms with Crippen LogP contribution in [0.3, 0.4) is 0 Å². The summed E-state index contributed by atoms with van der Waals surface area (Å²) >= 11 is 0. The first kappa shape index (κ1) is 20.9. The highest BCUT2D eigenvalue weighted by Crippen LogP contribution is 2.31. The Kier molecular flexibility index (Phi) is 6.54. The molecule has 142 valence electrons. The molecule has 0 aliphatic carbocycles. The minimum atomic E-state index is -3.56. The van der Waals surface area contributed by atoms with E-state index in [0.29, 0.717) is 4.31 Å². The van der Waals surface area contributed by atoms with E-state index in [1.54, 1.807) is 0 Å². The average Bonchev–Trinajstić information content (AvgIpc) is 2.78. The molecule has 1 rings (SSSR count). The van der Waals surface area contributed by atoms with Crippen LogP contribution in [0.15, 0.2) is 6.20 Å². The van der Waals surface area contributed by atoms with E-state index in [0.717, 1.165) is 10.8 Å². The van der Waals surface area contributed by atoms with Crippen LogP contribution in [0.2, 0.25) is 0 Å². The summed E-state index contributed by atoms with van der Waals surface area (Å²) in [6, 6.07) is -1.76. The topological polar surface area (TPSA) is 115 Å². The van der Waals surface area contributed by atoms with Gasteiger partial charge in [0.15, 0.2) is 17.6 Å². The van der Waals surface area contributed by atoms with E-state index < -0.39 is 51.7 Å². The zero-order valence-electron chi connectivity index (χ0n) is 14.5. The van der Waals surface area contributed by atoms with E-state index in [4.69, 9.17) is 9.47 Å². The third-order valence-corrected chi connectivity index (χ3v) is 4.45. The number of aromatic nitrogens is 1. The Bertz CT molecular complexity index is 734. The zero-order valence-corrected chi connectivity index (χ0v) is 15.4. The molecule has 0 bridgehead atoms. The van der Waals surface area contributed by atoms with Crippen molar-refractivity contribution in [2.24, 2.45) is 7.05 Å². The normalized spacial score (nSPS) is 12.9. The van der Waals surface area contributed by atoms with E-state index in [9.17, 15) is 27.5 Å². The van der Waals surface area contributed by atoms with E-state index in [1.807, 2.05) is 0 Å². The number of ether oxygens (including phenoxy) is 2. The van der Waals surface area contributed by atoms with Crippen molar-refractivity contribution in [2.45, 2.75) is 32.4 Å². The zero-order chi connectivity index (χ0) is 19.5. The van der Waals surface area contributed by atoms with E-state index in [-0.39, 0.29) is 6.61 Å². The molecule has 9 nitrogen and oxygen atoms in total. The highest BCUT2D eigenvalue weighted by Gasteiger charge is 2.44. The summed E-state index contributed by atoms with van der Waals surface area (Å²) in [5.41, 5.74) is -2.58. The van der Waals surface area contributed by atoms with E-state index in [2.05, 4.69) is 0 Å². The Morgan fingerprint density at radius 1 is 1.44 bits per heavy atom. The maximum Gasteiger partial charge on any atom is 0.358 e. The van der Waals surface area contributed by atoms with Crippen molar-refractivity contribution >= 4 is 28.5 Å². The van der Waals surface area contributed by atoms with Gasteiger partial charge in [-0.15, -0.1) is 0 Å². The predicted molar refractivity (Wildman–Crippen MR) is 86.6 cm³/mol. The first-order valence-electron chi connectivity index (χ1n) is 7.23. The molecule has 0 saturated heterocycles. The molecule has 1 heterocycles. The number of hydrogen-bond donors (Lipinski definition) is 2. The lowest BCUT2D eigenvalue weighted by molar-refractivity contribution is -0.145. The molecular weight excluding hydrogens is 359 g/mol. The highest BCUT2D eigenvalue weighted by molar-refractivity contribution is 7.74. The van der Waals surface area contributed by atoms with E-state index in [1.165, 1.54) is 34.9 Å². The van der Waals surface area contributed by atoms with Crippen LogP contribution < -0.4 is 4.31 Å². The molecule has 25 heavy (non-hydrogen) atoms. The van der Waals surface area contributed by atoms with Crippen molar-refractivity contribution in [1.29, 1.82) is 0 Å². The van der Waals surface area contributed by atoms with Crippen LogP contribution in [0.25, 0.3) is 0 Å². The van der Waals surface area contributed by atoms with Gasteiger partial charge in [-0.2, -0.15) is 0 Å². The number of rotatable bonds is 8. The lowest BCUT2D eigenvalue weighted by Gasteiger charge is -2.35. The SMILES string of the molecule is CCOC(=O)c1c(F)c(N(C(C(=O)O)C(C)(C)OC)[SH](=O)=O)cn1C. The summed E-state index contributed by atoms with van der Waals surface area (Å²) in [6.45, 7) is 4.23. The van der Waals surface area contributed by atoms with Gasteiger partial charge < -0.3 is 19.1 Å². The molecule has 1 aromatic heterocycles. The number of carboxylic acid groups (broad SMARTS) is 1. The standard InChI is InChI=1S/C14H21FN2O7S/c1-6-24-13(20)10-9(15)8(7-16(10)4)17(25(21)22)11(12(18)19)14(2,3)23-5/h7,11,25H,6H2,1-5H3,(H,18,19). The predicted octanol–water partition coefficient (Wildman–Crippen LogP) is 0.552. The van der Waals surface area contributed by atoms with Crippen molar-refractivity contribution in [3.63, 3.8) is 0 Å². The summed E-state index contributed by atoms with van der Waals surface area (Å²) in [6.07, 6.45) is 1.01. The van der Waals surface area contributed by atoms with Gasteiger partial charge in [0, 0.05) is 20.4 Å². The van der Waals surface area contributed by atoms with Gasteiger partial charge >= 0.3 is 11.9 Å². The molecule has 0 spiro atoms. The first-order chi connectivity index (χ1) is 11.5. The van der Waals surface area contributed by atoms with Crippen molar-refractivity contribution in [3.8, 4) is 0 Å². The fourth-order valence-corrected chi connectivity index (χ4v) is 3.18. The number of carbonyl (C=O) groups is 2. The van der Waals surface area contributed by atoms with Crippen LogP contribution in [0, 0.1) is 5.82 Å². The summed E-state index contributed by atoms with van der Waals surface area (Å²) in [5.74, 6) is -3.72. The number of halogens is 1. The molecule has 1 atom stereocenters. The molecule has 0 aliphatic heterocycles. The molecular formula is C14H21FN2O7S. The van der Waals surface area contributed by atoms with Crippen molar-refractivity contribution in [1.82, 2.24) is 4.57 Å². The van der Waals surface area contributed by atoms with Crippen LogP contribution in [0.4, 0.5) is 10.1 Å². The largest absolute Gasteiger partial charge is 0.480 e. The van der Waals surface area contributed by atoms with Crippen LogP contribution >= 0.6 is 0 Å². The van der Waals surface area contributed by atoms with E-state index >= 15 is 0 Å². The first-order valence-corrected chi connectivity index (χ1v) is 8.36. The van der Waals surface area contributed by atoms with Gasteiger partial charge in [-0.05, 0) is 20.8 Å². The number of carboxylic acids is 1. The number of thiol groups is 1. The van der Waals surface area contributed by atoms with Gasteiger partial charge in [0.1, 0.15) is 5.69 Å². The summed E-state index contributed by atoms with van der Waals surface area (Å²) < 4.78 is 49.4. The van der Waals surface area contributed by atoms with Crippen molar-refractivity contribution in [3.05, 3.63) is 17.7 Å². The Balaban J connectivity index is 3.59. The Labute approximate surface area is 146 Å². The minimum Gasteiger partial charge on any atom is -0.480 e. The fraction of sp³-hybridized carbons (Fsp3) is 0.571. The number of anilines is 1. The lowest BCUT2D eigenvalue weighted by Crippen LogP contribution is -2.55. The number of hydrogen-bond acceptors (Lipinski definition) is 6. The van der Waals surface area contributed by atoms with Gasteiger partial charge in [-0.3, -0.25) is 4.31 Å². The Morgan fingerprint density at radius 3 is 2.40 bits per heavy atom. The molecule has 0 aromatic carbocycles. The number of nitrogens with zero attached hydrogens (tertiary/aromatic N) is 2. The molecule has 1 N–H and O–H groups in total. The molecule has 0 aliphatic rings. The van der Waals surface area contributed by atoms with Gasteiger partial charge in [0.2, 0.25) is 10.9 Å². The third-order valence-electron chi connectivity index (χ3n) is 3.66. The number of methoxy groups -OCH3 is 1.